The highest BCUT2D eigenvalue weighted by Crippen LogP contribution is 2.02. The summed E-state index contributed by atoms with van der Waals surface area (Å²) in [5, 5.41) is 0. The molecule has 3 nitrogen and oxygen atoms in total. The number of aromatic nitrogens is 1. The number of nitrogens with zero attached hydrogens (tertiary/aromatic N) is 2. The summed E-state index contributed by atoms with van der Waals surface area (Å²) < 4.78 is 0. The molecule has 0 aliphatic carbocycles. The molecule has 3 heteroatoms. The maximum atomic E-state index is 10.6. The van der Waals surface area contributed by atoms with Crippen LogP contribution < -0.4 is 0 Å². The Morgan fingerprint density at radius 3 is 2.77 bits per heavy atom. The maximum absolute atomic E-state index is 10.6. The van der Waals surface area contributed by atoms with E-state index >= 15 is 0 Å². The van der Waals surface area contributed by atoms with Gasteiger partial charge in [-0.2, -0.15) is 0 Å². The van der Waals surface area contributed by atoms with Crippen molar-refractivity contribution < 1.29 is 4.79 Å². The Balaban J connectivity index is 2.62. The average molecular weight is 178 g/mol. The lowest BCUT2D eigenvalue weighted by Crippen LogP contribution is -2.28. The van der Waals surface area contributed by atoms with Gasteiger partial charge in [0.05, 0.1) is 12.2 Å². The zero-order valence-corrected chi connectivity index (χ0v) is 7.97. The van der Waals surface area contributed by atoms with Crippen molar-refractivity contribution in [3.05, 3.63) is 30.1 Å². The van der Waals surface area contributed by atoms with E-state index in [1.165, 1.54) is 0 Å². The summed E-state index contributed by atoms with van der Waals surface area (Å²) in [5.41, 5.74) is 0.920. The van der Waals surface area contributed by atoms with Gasteiger partial charge in [-0.15, -0.1) is 0 Å². The Morgan fingerprint density at radius 1 is 1.54 bits per heavy atom. The first-order chi connectivity index (χ1) is 6.24. The fourth-order valence-electron chi connectivity index (χ4n) is 1.02. The maximum Gasteiger partial charge on any atom is 0.210 e. The van der Waals surface area contributed by atoms with Crippen molar-refractivity contribution in [3.8, 4) is 0 Å². The topological polar surface area (TPSA) is 33.2 Å². The van der Waals surface area contributed by atoms with Gasteiger partial charge in [-0.05, 0) is 26.0 Å². The number of hydrogen-bond donors (Lipinski definition) is 0. The van der Waals surface area contributed by atoms with Gasteiger partial charge in [-0.3, -0.25) is 9.78 Å². The van der Waals surface area contributed by atoms with Gasteiger partial charge in [-0.1, -0.05) is 6.07 Å². The van der Waals surface area contributed by atoms with E-state index in [0.717, 1.165) is 12.1 Å². The van der Waals surface area contributed by atoms with Gasteiger partial charge in [0.2, 0.25) is 6.41 Å². The smallest absolute Gasteiger partial charge is 0.210 e. The van der Waals surface area contributed by atoms with E-state index in [0.29, 0.717) is 6.54 Å². The fraction of sp³-hybridized carbons (Fsp3) is 0.400. The highest BCUT2D eigenvalue weighted by molar-refractivity contribution is 5.47. The third-order valence-corrected chi connectivity index (χ3v) is 1.87. The Labute approximate surface area is 78.4 Å². The summed E-state index contributed by atoms with van der Waals surface area (Å²) in [6.07, 6.45) is 2.60. The quantitative estimate of drug-likeness (QED) is 0.654. The highest BCUT2D eigenvalue weighted by atomic mass is 16.1. The number of amides is 1. The van der Waals surface area contributed by atoms with E-state index in [1.807, 2.05) is 32.0 Å². The van der Waals surface area contributed by atoms with Crippen molar-refractivity contribution in [1.82, 2.24) is 9.88 Å². The number of rotatable bonds is 4. The van der Waals surface area contributed by atoms with Gasteiger partial charge in [0.1, 0.15) is 0 Å². The van der Waals surface area contributed by atoms with E-state index in [-0.39, 0.29) is 6.04 Å². The molecule has 0 unspecified atom stereocenters. The first-order valence-corrected chi connectivity index (χ1v) is 4.35. The van der Waals surface area contributed by atoms with Crippen LogP contribution in [0.2, 0.25) is 0 Å². The molecule has 13 heavy (non-hydrogen) atoms. The largest absolute Gasteiger partial charge is 0.337 e. The van der Waals surface area contributed by atoms with Crippen molar-refractivity contribution in [3.63, 3.8) is 0 Å². The summed E-state index contributed by atoms with van der Waals surface area (Å²) >= 11 is 0. The average Bonchev–Trinajstić information content (AvgIpc) is 2.15. The van der Waals surface area contributed by atoms with E-state index in [4.69, 9.17) is 0 Å². The molecule has 1 heterocycles. The monoisotopic (exact) mass is 178 g/mol. The number of carbonyl (C=O) groups is 1. The Morgan fingerprint density at radius 2 is 2.31 bits per heavy atom. The molecule has 0 spiro atoms. The standard InChI is InChI=1S/C10H14N2O/c1-9(2)12(8-13)7-10-5-3-4-6-11-10/h3-6,8-9H,7H2,1-2H3. The van der Waals surface area contributed by atoms with Crippen molar-refractivity contribution in [2.75, 3.05) is 0 Å². The summed E-state index contributed by atoms with van der Waals surface area (Å²) in [7, 11) is 0. The molecule has 0 aromatic carbocycles. The molecule has 0 bridgehead atoms. The van der Waals surface area contributed by atoms with Crippen molar-refractivity contribution >= 4 is 6.41 Å². The lowest BCUT2D eigenvalue weighted by Gasteiger charge is -2.20. The van der Waals surface area contributed by atoms with Crippen LogP contribution in [0.3, 0.4) is 0 Å². The van der Waals surface area contributed by atoms with Crippen LogP contribution in [0.4, 0.5) is 0 Å². The van der Waals surface area contributed by atoms with Gasteiger partial charge < -0.3 is 4.90 Å². The molecule has 0 N–H and O–H groups in total. The third-order valence-electron chi connectivity index (χ3n) is 1.87. The predicted octanol–water partition coefficient (Wildman–Crippen LogP) is 1.45. The van der Waals surface area contributed by atoms with Gasteiger partial charge in [-0.25, -0.2) is 0 Å². The minimum Gasteiger partial charge on any atom is -0.337 e. The summed E-state index contributed by atoms with van der Waals surface area (Å²) in [4.78, 5) is 16.5. The van der Waals surface area contributed by atoms with Crippen LogP contribution >= 0.6 is 0 Å². The minimum absolute atomic E-state index is 0.222. The number of pyridine rings is 1. The molecule has 1 rings (SSSR count). The summed E-state index contributed by atoms with van der Waals surface area (Å²) in [5.74, 6) is 0. The molecular formula is C10H14N2O. The first kappa shape index (κ1) is 9.71. The van der Waals surface area contributed by atoms with Crippen LogP contribution in [-0.2, 0) is 11.3 Å². The van der Waals surface area contributed by atoms with Crippen LogP contribution in [0.25, 0.3) is 0 Å². The molecule has 1 amide bonds. The molecule has 70 valence electrons. The Bertz CT molecular complexity index is 259. The second-order valence-electron chi connectivity index (χ2n) is 3.19. The zero-order valence-electron chi connectivity index (χ0n) is 7.97. The molecule has 0 aliphatic rings. The summed E-state index contributed by atoms with van der Waals surface area (Å²) in [6.45, 7) is 4.55. The van der Waals surface area contributed by atoms with E-state index in [9.17, 15) is 4.79 Å². The number of carbonyl (C=O) groups excluding carboxylic acids is 1. The second-order valence-corrected chi connectivity index (χ2v) is 3.19. The van der Waals surface area contributed by atoms with Gasteiger partial charge >= 0.3 is 0 Å². The first-order valence-electron chi connectivity index (χ1n) is 4.35. The SMILES string of the molecule is CC(C)N(C=O)Cc1ccccn1. The minimum atomic E-state index is 0.222. The van der Waals surface area contributed by atoms with E-state index in [1.54, 1.807) is 11.1 Å². The molecule has 1 aromatic heterocycles. The molecule has 0 saturated heterocycles. The summed E-state index contributed by atoms with van der Waals surface area (Å²) in [6, 6.07) is 5.92. The van der Waals surface area contributed by atoms with Crippen LogP contribution in [0.1, 0.15) is 19.5 Å². The lowest BCUT2D eigenvalue weighted by atomic mass is 10.3. The molecular weight excluding hydrogens is 164 g/mol. The lowest BCUT2D eigenvalue weighted by molar-refractivity contribution is -0.120. The third kappa shape index (κ3) is 2.86. The van der Waals surface area contributed by atoms with Gasteiger partial charge in [0.15, 0.2) is 0 Å². The Hall–Kier alpha value is -1.38. The van der Waals surface area contributed by atoms with Gasteiger partial charge in [0.25, 0.3) is 0 Å². The molecule has 0 aliphatic heterocycles. The fourth-order valence-corrected chi connectivity index (χ4v) is 1.02. The molecule has 1 aromatic rings. The molecule has 0 atom stereocenters. The normalized spacial score (nSPS) is 10.1. The Kier molecular flexibility index (Phi) is 3.43. The van der Waals surface area contributed by atoms with Crippen molar-refractivity contribution in [1.29, 1.82) is 0 Å². The highest BCUT2D eigenvalue weighted by Gasteiger charge is 2.06. The van der Waals surface area contributed by atoms with Crippen LogP contribution in [-0.4, -0.2) is 22.3 Å². The second kappa shape index (κ2) is 4.60. The zero-order chi connectivity index (χ0) is 9.68. The molecule has 0 fully saturated rings. The van der Waals surface area contributed by atoms with Crippen LogP contribution in [0.15, 0.2) is 24.4 Å². The molecule has 0 radical (unpaired) electrons. The van der Waals surface area contributed by atoms with Crippen molar-refractivity contribution in [2.45, 2.75) is 26.4 Å². The van der Waals surface area contributed by atoms with Crippen molar-refractivity contribution in [2.24, 2.45) is 0 Å². The van der Waals surface area contributed by atoms with E-state index in [2.05, 4.69) is 4.98 Å². The number of hydrogen-bond acceptors (Lipinski definition) is 2. The van der Waals surface area contributed by atoms with Crippen LogP contribution in [0.5, 0.6) is 0 Å². The van der Waals surface area contributed by atoms with E-state index < -0.39 is 0 Å². The van der Waals surface area contributed by atoms with Gasteiger partial charge in [0, 0.05) is 12.2 Å². The molecule has 0 saturated carbocycles. The predicted molar refractivity (Wildman–Crippen MR) is 51.0 cm³/mol. The van der Waals surface area contributed by atoms with Crippen LogP contribution in [0, 0.1) is 0 Å².